The molecular formula is C25H27ClN6O. The Morgan fingerprint density at radius 2 is 2.15 bits per heavy atom. The Morgan fingerprint density at radius 1 is 1.27 bits per heavy atom. The van der Waals surface area contributed by atoms with E-state index in [-0.39, 0.29) is 11.5 Å². The molecule has 1 aromatic carbocycles. The molecular weight excluding hydrogens is 436 g/mol. The Labute approximate surface area is 198 Å². The van der Waals surface area contributed by atoms with Gasteiger partial charge in [-0.15, -0.1) is 0 Å². The van der Waals surface area contributed by atoms with E-state index >= 15 is 0 Å². The number of carbonyl (C=O) groups excluding carboxylic acids is 1. The highest BCUT2D eigenvalue weighted by atomic mass is 35.5. The van der Waals surface area contributed by atoms with Crippen LogP contribution in [0.25, 0.3) is 0 Å². The highest BCUT2D eigenvalue weighted by molar-refractivity contribution is 6.32. The van der Waals surface area contributed by atoms with E-state index in [1.165, 1.54) is 5.56 Å². The summed E-state index contributed by atoms with van der Waals surface area (Å²) in [5.74, 6) is 1.61. The van der Waals surface area contributed by atoms with Gasteiger partial charge in [0.2, 0.25) is 0 Å². The van der Waals surface area contributed by atoms with E-state index in [2.05, 4.69) is 62.5 Å². The molecule has 170 valence electrons. The van der Waals surface area contributed by atoms with E-state index in [0.29, 0.717) is 18.0 Å². The summed E-state index contributed by atoms with van der Waals surface area (Å²) >= 11 is 6.36. The molecule has 0 amide bonds. The number of nitrogens with one attached hydrogen (secondary N) is 2. The summed E-state index contributed by atoms with van der Waals surface area (Å²) in [6.45, 7) is 5.89. The van der Waals surface area contributed by atoms with Gasteiger partial charge in [-0.25, -0.2) is 15.0 Å². The van der Waals surface area contributed by atoms with Crippen LogP contribution in [0.15, 0.2) is 42.9 Å². The van der Waals surface area contributed by atoms with Crippen LogP contribution in [-0.4, -0.2) is 33.8 Å². The maximum absolute atomic E-state index is 11.1. The fourth-order valence-corrected chi connectivity index (χ4v) is 5.22. The molecule has 4 heterocycles. The molecule has 2 aromatic heterocycles. The highest BCUT2D eigenvalue weighted by Gasteiger charge is 2.32. The number of hydrogen-bond acceptors (Lipinski definition) is 7. The minimum atomic E-state index is 0.0110. The molecule has 1 atom stereocenters. The molecule has 2 aliphatic heterocycles. The smallest absolute Gasteiger partial charge is 0.147 e. The molecule has 0 saturated carbocycles. The predicted octanol–water partition coefficient (Wildman–Crippen LogP) is 4.88. The molecule has 0 spiro atoms. The van der Waals surface area contributed by atoms with Crippen LogP contribution in [0.5, 0.6) is 0 Å². The van der Waals surface area contributed by atoms with Crippen LogP contribution in [0, 0.1) is 0 Å². The Bertz CT molecular complexity index is 1200. The van der Waals surface area contributed by atoms with E-state index < -0.39 is 0 Å². The summed E-state index contributed by atoms with van der Waals surface area (Å²) in [6, 6.07) is 10.2. The van der Waals surface area contributed by atoms with Gasteiger partial charge in [0.1, 0.15) is 24.2 Å². The molecule has 1 unspecified atom stereocenters. The van der Waals surface area contributed by atoms with Gasteiger partial charge >= 0.3 is 0 Å². The van der Waals surface area contributed by atoms with Gasteiger partial charge in [-0.1, -0.05) is 31.5 Å². The Hall–Kier alpha value is -3.19. The van der Waals surface area contributed by atoms with Crippen molar-refractivity contribution in [1.29, 1.82) is 0 Å². The Balaban J connectivity index is 1.40. The molecule has 8 heteroatoms. The quantitative estimate of drug-likeness (QED) is 0.522. The fraction of sp³-hybridized carbons (Fsp3) is 0.360. The van der Waals surface area contributed by atoms with Gasteiger partial charge in [-0.3, -0.25) is 0 Å². The molecule has 3 aromatic rings. The average Bonchev–Trinajstić information content (AvgIpc) is 2.79. The first-order valence-corrected chi connectivity index (χ1v) is 11.6. The van der Waals surface area contributed by atoms with Crippen LogP contribution in [0.2, 0.25) is 5.02 Å². The molecule has 0 saturated heterocycles. The van der Waals surface area contributed by atoms with Crippen LogP contribution in [0.4, 0.5) is 23.0 Å². The zero-order valence-electron chi connectivity index (χ0n) is 18.8. The van der Waals surface area contributed by atoms with Gasteiger partial charge in [0.25, 0.3) is 0 Å². The number of rotatable bonds is 5. The second kappa shape index (κ2) is 8.63. The van der Waals surface area contributed by atoms with Crippen molar-refractivity contribution in [3.8, 4) is 0 Å². The summed E-state index contributed by atoms with van der Waals surface area (Å²) in [7, 11) is 0. The SMILES string of the molecule is CC1(C)CC(CC=O)Nc2cc(Nc3ncnc4c3CCN(c3ncccc3Cl)C4)ccc21. The summed E-state index contributed by atoms with van der Waals surface area (Å²) in [6.07, 6.45) is 6.59. The third-order valence-electron chi connectivity index (χ3n) is 6.55. The van der Waals surface area contributed by atoms with Gasteiger partial charge in [0, 0.05) is 42.1 Å². The van der Waals surface area contributed by atoms with Crippen molar-refractivity contribution in [3.63, 3.8) is 0 Å². The van der Waals surface area contributed by atoms with Crippen molar-refractivity contribution >= 4 is 40.9 Å². The van der Waals surface area contributed by atoms with Crippen LogP contribution >= 0.6 is 11.6 Å². The van der Waals surface area contributed by atoms with Gasteiger partial charge in [-0.05, 0) is 48.1 Å². The Kier molecular flexibility index (Phi) is 5.66. The topological polar surface area (TPSA) is 83.0 Å². The number of pyridine rings is 1. The summed E-state index contributed by atoms with van der Waals surface area (Å²) in [4.78, 5) is 26.8. The molecule has 5 rings (SSSR count). The maximum Gasteiger partial charge on any atom is 0.147 e. The number of aldehydes is 1. The lowest BCUT2D eigenvalue weighted by Gasteiger charge is -2.38. The lowest BCUT2D eigenvalue weighted by atomic mass is 9.75. The molecule has 0 fully saturated rings. The van der Waals surface area contributed by atoms with Crippen LogP contribution in [-0.2, 0) is 23.2 Å². The molecule has 0 aliphatic carbocycles. The minimum Gasteiger partial charge on any atom is -0.382 e. The summed E-state index contributed by atoms with van der Waals surface area (Å²) in [5.41, 5.74) is 5.40. The van der Waals surface area contributed by atoms with E-state index in [1.54, 1.807) is 12.5 Å². The fourth-order valence-electron chi connectivity index (χ4n) is 4.98. The normalized spacial score (nSPS) is 18.6. The van der Waals surface area contributed by atoms with Gasteiger partial charge in [0.15, 0.2) is 0 Å². The molecule has 2 aliphatic rings. The van der Waals surface area contributed by atoms with E-state index in [0.717, 1.165) is 59.9 Å². The maximum atomic E-state index is 11.1. The monoisotopic (exact) mass is 462 g/mol. The number of anilines is 4. The lowest BCUT2D eigenvalue weighted by Crippen LogP contribution is -2.36. The van der Waals surface area contributed by atoms with Crippen molar-refractivity contribution in [2.45, 2.75) is 51.1 Å². The van der Waals surface area contributed by atoms with Crippen molar-refractivity contribution in [2.75, 3.05) is 22.1 Å². The van der Waals surface area contributed by atoms with E-state index in [4.69, 9.17) is 11.6 Å². The highest BCUT2D eigenvalue weighted by Crippen LogP contribution is 2.41. The Morgan fingerprint density at radius 3 is 2.97 bits per heavy atom. The van der Waals surface area contributed by atoms with Gasteiger partial charge in [-0.2, -0.15) is 0 Å². The molecule has 33 heavy (non-hydrogen) atoms. The second-order valence-electron chi connectivity index (χ2n) is 9.34. The largest absolute Gasteiger partial charge is 0.382 e. The van der Waals surface area contributed by atoms with Gasteiger partial charge in [0.05, 0.1) is 17.3 Å². The summed E-state index contributed by atoms with van der Waals surface area (Å²) in [5, 5.41) is 7.69. The van der Waals surface area contributed by atoms with Crippen LogP contribution in [0.1, 0.15) is 43.5 Å². The van der Waals surface area contributed by atoms with Gasteiger partial charge < -0.3 is 20.3 Å². The lowest BCUT2D eigenvalue weighted by molar-refractivity contribution is -0.108. The van der Waals surface area contributed by atoms with Crippen LogP contribution in [0.3, 0.4) is 0 Å². The van der Waals surface area contributed by atoms with Crippen molar-refractivity contribution in [1.82, 2.24) is 15.0 Å². The number of carbonyl (C=O) groups is 1. The first-order chi connectivity index (χ1) is 15.9. The summed E-state index contributed by atoms with van der Waals surface area (Å²) < 4.78 is 0. The van der Waals surface area contributed by atoms with Crippen LogP contribution < -0.4 is 15.5 Å². The number of nitrogens with zero attached hydrogens (tertiary/aromatic N) is 4. The average molecular weight is 463 g/mol. The molecule has 0 bridgehead atoms. The molecule has 2 N–H and O–H groups in total. The zero-order valence-corrected chi connectivity index (χ0v) is 19.6. The molecule has 0 radical (unpaired) electrons. The predicted molar refractivity (Wildman–Crippen MR) is 131 cm³/mol. The molecule has 7 nitrogen and oxygen atoms in total. The third-order valence-corrected chi connectivity index (χ3v) is 6.85. The van der Waals surface area contributed by atoms with Crippen molar-refractivity contribution in [3.05, 3.63) is 64.7 Å². The van der Waals surface area contributed by atoms with Crippen molar-refractivity contribution in [2.24, 2.45) is 0 Å². The number of hydrogen-bond donors (Lipinski definition) is 2. The first-order valence-electron chi connectivity index (χ1n) is 11.2. The second-order valence-corrected chi connectivity index (χ2v) is 9.75. The van der Waals surface area contributed by atoms with E-state index in [1.807, 2.05) is 12.1 Å². The minimum absolute atomic E-state index is 0.0110. The standard InChI is InChI=1S/C25H27ClN6O/c1-25(2)13-17(8-11-33)30-21-12-16(5-6-19(21)25)31-23-18-7-10-32(14-22(18)28-15-29-23)24-20(26)4-3-9-27-24/h3-6,9,11-12,15,17,30H,7-8,10,13-14H2,1-2H3,(H,28,29,31). The number of benzene rings is 1. The number of halogens is 1. The number of fused-ring (bicyclic) bond motifs is 2. The van der Waals surface area contributed by atoms with E-state index in [9.17, 15) is 4.79 Å². The zero-order chi connectivity index (χ0) is 23.0. The van der Waals surface area contributed by atoms with Crippen molar-refractivity contribution < 1.29 is 4.79 Å². The number of aromatic nitrogens is 3. The first kappa shape index (κ1) is 21.6. The third kappa shape index (κ3) is 4.25.